The lowest BCUT2D eigenvalue weighted by Gasteiger charge is -2.08. The van der Waals surface area contributed by atoms with Crippen LogP contribution < -0.4 is 4.73 Å². The van der Waals surface area contributed by atoms with Gasteiger partial charge >= 0.3 is 0 Å². The fourth-order valence-corrected chi connectivity index (χ4v) is 2.15. The molecule has 0 aliphatic heterocycles. The minimum Gasteiger partial charge on any atom is -0.618 e. The first-order valence-electron chi connectivity index (χ1n) is 5.57. The molecule has 3 nitrogen and oxygen atoms in total. The van der Waals surface area contributed by atoms with Crippen LogP contribution in [-0.4, -0.2) is 4.98 Å². The summed E-state index contributed by atoms with van der Waals surface area (Å²) in [6.07, 6.45) is 0. The van der Waals surface area contributed by atoms with Crippen molar-refractivity contribution in [1.82, 2.24) is 4.98 Å². The molecular weight excluding hydrogens is 212 g/mol. The highest BCUT2D eigenvalue weighted by atomic mass is 16.5. The Kier molecular flexibility index (Phi) is 2.01. The Bertz CT molecular complexity index is 735. The van der Waals surface area contributed by atoms with E-state index in [9.17, 15) is 5.21 Å². The summed E-state index contributed by atoms with van der Waals surface area (Å²) >= 11 is 0. The smallest absolute Gasteiger partial charge is 0.246 e. The van der Waals surface area contributed by atoms with Gasteiger partial charge in [0.1, 0.15) is 11.0 Å². The Labute approximate surface area is 98.9 Å². The van der Waals surface area contributed by atoms with Crippen LogP contribution >= 0.6 is 0 Å². The van der Waals surface area contributed by atoms with E-state index in [1.807, 2.05) is 44.2 Å². The fraction of sp³-hybridized carbons (Fsp3) is 0.143. The third-order valence-electron chi connectivity index (χ3n) is 3.09. The van der Waals surface area contributed by atoms with E-state index in [2.05, 4.69) is 4.98 Å². The molecule has 1 aromatic heterocycles. The van der Waals surface area contributed by atoms with Gasteiger partial charge in [0.2, 0.25) is 11.0 Å². The van der Waals surface area contributed by atoms with Crippen molar-refractivity contribution in [3.05, 3.63) is 52.7 Å². The van der Waals surface area contributed by atoms with Crippen LogP contribution in [0.3, 0.4) is 0 Å². The molecule has 1 heterocycles. The molecule has 0 saturated carbocycles. The Morgan fingerprint density at radius 1 is 1.00 bits per heavy atom. The van der Waals surface area contributed by atoms with E-state index in [1.165, 1.54) is 0 Å². The molecule has 0 atom stereocenters. The molecule has 2 aromatic carbocycles. The molecule has 3 rings (SSSR count). The largest absolute Gasteiger partial charge is 0.618 e. The molecule has 0 bridgehead atoms. The number of aryl methyl sites for hydroxylation is 2. The van der Waals surface area contributed by atoms with E-state index in [0.717, 1.165) is 26.9 Å². The minimum atomic E-state index is 0.619. The van der Waals surface area contributed by atoms with Crippen LogP contribution in [-0.2, 0) is 0 Å². The third-order valence-corrected chi connectivity index (χ3v) is 3.09. The van der Waals surface area contributed by atoms with Crippen molar-refractivity contribution in [2.75, 3.05) is 0 Å². The third kappa shape index (κ3) is 1.35. The molecule has 0 spiro atoms. The van der Waals surface area contributed by atoms with E-state index in [1.54, 1.807) is 6.07 Å². The van der Waals surface area contributed by atoms with Crippen LogP contribution in [0.15, 0.2) is 36.4 Å². The van der Waals surface area contributed by atoms with Gasteiger partial charge in [-0.25, -0.2) is 4.98 Å². The van der Waals surface area contributed by atoms with Crippen LogP contribution in [0.5, 0.6) is 0 Å². The second kappa shape index (κ2) is 3.42. The lowest BCUT2D eigenvalue weighted by molar-refractivity contribution is -0.548. The Morgan fingerprint density at radius 2 is 1.71 bits per heavy atom. The van der Waals surface area contributed by atoms with Gasteiger partial charge in [-0.05, 0) is 25.5 Å². The molecule has 0 amide bonds. The van der Waals surface area contributed by atoms with Gasteiger partial charge in [0.25, 0.3) is 0 Å². The SMILES string of the molecule is Cc1ccc(C)c2c1nc1ccccc1[n+]2[O-]. The first kappa shape index (κ1) is 10.0. The highest BCUT2D eigenvalue weighted by molar-refractivity contribution is 5.85. The number of rotatable bonds is 0. The zero-order valence-corrected chi connectivity index (χ0v) is 9.77. The number of fused-ring (bicyclic) bond motifs is 2. The average Bonchev–Trinajstić information content (AvgIpc) is 2.34. The molecule has 0 fully saturated rings. The van der Waals surface area contributed by atoms with E-state index >= 15 is 0 Å². The second-order valence-corrected chi connectivity index (χ2v) is 4.29. The van der Waals surface area contributed by atoms with Crippen molar-refractivity contribution in [3.8, 4) is 0 Å². The standard InChI is InChI=1S/C14H12N2O/c1-9-7-8-10(2)14-13(9)15-11-5-3-4-6-12(11)16(14)17/h3-8H,1-2H3. The second-order valence-electron chi connectivity index (χ2n) is 4.29. The van der Waals surface area contributed by atoms with Crippen molar-refractivity contribution >= 4 is 22.1 Å². The first-order chi connectivity index (χ1) is 8.18. The summed E-state index contributed by atoms with van der Waals surface area (Å²) in [4.78, 5) is 4.58. The van der Waals surface area contributed by atoms with Crippen molar-refractivity contribution in [3.63, 3.8) is 0 Å². The molecule has 0 aliphatic carbocycles. The summed E-state index contributed by atoms with van der Waals surface area (Å²) in [6, 6.07) is 11.4. The normalized spacial score (nSPS) is 11.2. The van der Waals surface area contributed by atoms with Gasteiger partial charge in [-0.2, -0.15) is 4.73 Å². The Balaban J connectivity index is 2.64. The lowest BCUT2D eigenvalue weighted by atomic mass is 10.1. The maximum absolute atomic E-state index is 12.3. The molecule has 0 saturated heterocycles. The van der Waals surface area contributed by atoms with Crippen LogP contribution in [0.25, 0.3) is 22.1 Å². The predicted octanol–water partition coefficient (Wildman–Crippen LogP) is 2.64. The molecule has 3 heteroatoms. The van der Waals surface area contributed by atoms with Crippen molar-refractivity contribution in [2.24, 2.45) is 0 Å². The van der Waals surface area contributed by atoms with E-state index in [4.69, 9.17) is 0 Å². The number of hydrogen-bond donors (Lipinski definition) is 0. The first-order valence-corrected chi connectivity index (χ1v) is 5.57. The van der Waals surface area contributed by atoms with Gasteiger partial charge in [-0.1, -0.05) is 24.3 Å². The number of benzene rings is 2. The monoisotopic (exact) mass is 224 g/mol. The van der Waals surface area contributed by atoms with Crippen LogP contribution in [0.1, 0.15) is 11.1 Å². The topological polar surface area (TPSA) is 39.8 Å². The zero-order chi connectivity index (χ0) is 12.0. The zero-order valence-electron chi connectivity index (χ0n) is 9.77. The summed E-state index contributed by atoms with van der Waals surface area (Å²) in [5.41, 5.74) is 4.81. The summed E-state index contributed by atoms with van der Waals surface area (Å²) in [5, 5.41) is 12.3. The highest BCUT2D eigenvalue weighted by Gasteiger charge is 2.15. The molecule has 0 radical (unpaired) electrons. The quantitative estimate of drug-likeness (QED) is 0.334. The van der Waals surface area contributed by atoms with Gasteiger partial charge in [0.15, 0.2) is 0 Å². The van der Waals surface area contributed by atoms with E-state index in [0.29, 0.717) is 11.0 Å². The average molecular weight is 224 g/mol. The van der Waals surface area contributed by atoms with Crippen molar-refractivity contribution < 1.29 is 4.73 Å². The number of nitrogens with zero attached hydrogens (tertiary/aromatic N) is 2. The van der Waals surface area contributed by atoms with Gasteiger partial charge in [0, 0.05) is 11.6 Å². The summed E-state index contributed by atoms with van der Waals surface area (Å²) < 4.78 is 0.986. The summed E-state index contributed by atoms with van der Waals surface area (Å²) in [6.45, 7) is 3.91. The lowest BCUT2D eigenvalue weighted by Crippen LogP contribution is -2.29. The molecule has 3 aromatic rings. The summed E-state index contributed by atoms with van der Waals surface area (Å²) in [5.74, 6) is 0. The molecule has 0 aliphatic rings. The van der Waals surface area contributed by atoms with Crippen LogP contribution in [0.4, 0.5) is 0 Å². The molecule has 17 heavy (non-hydrogen) atoms. The maximum atomic E-state index is 12.3. The van der Waals surface area contributed by atoms with Crippen molar-refractivity contribution in [1.29, 1.82) is 0 Å². The maximum Gasteiger partial charge on any atom is 0.246 e. The van der Waals surface area contributed by atoms with Gasteiger partial charge < -0.3 is 5.21 Å². The predicted molar refractivity (Wildman–Crippen MR) is 67.7 cm³/mol. The summed E-state index contributed by atoms with van der Waals surface area (Å²) in [7, 11) is 0. The van der Waals surface area contributed by atoms with E-state index < -0.39 is 0 Å². The molecule has 0 unspecified atom stereocenters. The fourth-order valence-electron chi connectivity index (χ4n) is 2.15. The van der Waals surface area contributed by atoms with Crippen molar-refractivity contribution in [2.45, 2.75) is 13.8 Å². The minimum absolute atomic E-state index is 0.619. The number of hydrogen-bond acceptors (Lipinski definition) is 2. The molecule has 84 valence electrons. The highest BCUT2D eigenvalue weighted by Crippen LogP contribution is 2.20. The van der Waals surface area contributed by atoms with E-state index in [-0.39, 0.29) is 0 Å². The Hall–Kier alpha value is -2.16. The molecular formula is C14H12N2O. The van der Waals surface area contributed by atoms with Gasteiger partial charge in [-0.3, -0.25) is 0 Å². The van der Waals surface area contributed by atoms with Gasteiger partial charge in [-0.15, -0.1) is 0 Å². The van der Waals surface area contributed by atoms with Gasteiger partial charge in [0.05, 0.1) is 0 Å². The number of para-hydroxylation sites is 2. The number of aromatic nitrogens is 2. The molecule has 0 N–H and O–H groups in total. The van der Waals surface area contributed by atoms with Crippen LogP contribution in [0, 0.1) is 19.1 Å². The van der Waals surface area contributed by atoms with Crippen LogP contribution in [0.2, 0.25) is 0 Å². The Morgan fingerprint density at radius 3 is 2.53 bits per heavy atom.